The van der Waals surface area contributed by atoms with Gasteiger partial charge in [-0.25, -0.2) is 26.5 Å². The van der Waals surface area contributed by atoms with Gasteiger partial charge in [-0.15, -0.1) is 0 Å². The van der Waals surface area contributed by atoms with Crippen LogP contribution in [0.5, 0.6) is 0 Å². The summed E-state index contributed by atoms with van der Waals surface area (Å²) in [6.07, 6.45) is 1.55. The van der Waals surface area contributed by atoms with Crippen LogP contribution >= 0.6 is 11.3 Å². The quantitative estimate of drug-likeness (QED) is 0.385. The molecule has 0 atom stereocenters. The Balaban J connectivity index is 1.55. The second kappa shape index (κ2) is 11.5. The van der Waals surface area contributed by atoms with Gasteiger partial charge in [-0.3, -0.25) is 4.79 Å². The largest absolute Gasteiger partial charge is 0.395 e. The summed E-state index contributed by atoms with van der Waals surface area (Å²) < 4.78 is 54.7. The highest BCUT2D eigenvalue weighted by Gasteiger charge is 2.29. The highest BCUT2D eigenvalue weighted by molar-refractivity contribution is 7.89. The van der Waals surface area contributed by atoms with Gasteiger partial charge in [0.15, 0.2) is 5.13 Å². The van der Waals surface area contributed by atoms with Crippen LogP contribution in [0.15, 0.2) is 18.2 Å². The number of nitrogens with two attached hydrogens (primary N) is 1. The highest BCUT2D eigenvalue weighted by atomic mass is 32.2. The first-order valence-corrected chi connectivity index (χ1v) is 13.3. The van der Waals surface area contributed by atoms with Crippen LogP contribution in [0.4, 0.5) is 19.7 Å². The van der Waals surface area contributed by atoms with Crippen molar-refractivity contribution in [2.75, 3.05) is 56.6 Å². The van der Waals surface area contributed by atoms with E-state index in [1.165, 1.54) is 10.4 Å². The molecule has 1 aromatic carbocycles. The van der Waals surface area contributed by atoms with Crippen LogP contribution in [0.25, 0.3) is 0 Å². The lowest BCUT2D eigenvalue weighted by molar-refractivity contribution is 0.103. The smallest absolute Gasteiger partial charge is 0.214 e. The number of nitrogens with one attached hydrogen (secondary N) is 1. The zero-order chi connectivity index (χ0) is 24.9. The van der Waals surface area contributed by atoms with Gasteiger partial charge in [-0.1, -0.05) is 17.4 Å². The van der Waals surface area contributed by atoms with Crippen molar-refractivity contribution in [2.24, 2.45) is 0 Å². The Morgan fingerprint density at radius 2 is 1.94 bits per heavy atom. The molecule has 3 rings (SSSR count). The number of aliphatic hydroxyl groups is 1. The van der Waals surface area contributed by atoms with E-state index in [0.717, 1.165) is 23.5 Å². The number of anilines is 2. The van der Waals surface area contributed by atoms with E-state index in [4.69, 9.17) is 10.8 Å². The number of hydrogen-bond donors (Lipinski definition) is 3. The normalized spacial score (nSPS) is 15.7. The molecular formula is C21H29F2N5O4S2. The summed E-state index contributed by atoms with van der Waals surface area (Å²) in [7, 11) is -1.54. The summed E-state index contributed by atoms with van der Waals surface area (Å²) in [5, 5.41) is 12.4. The Labute approximate surface area is 201 Å². The fraction of sp³-hybridized carbons (Fsp3) is 0.524. The number of aromatic nitrogens is 1. The lowest BCUT2D eigenvalue weighted by Gasteiger charge is -2.31. The molecule has 4 N–H and O–H groups in total. The Morgan fingerprint density at radius 3 is 2.56 bits per heavy atom. The molecule has 34 heavy (non-hydrogen) atoms. The van der Waals surface area contributed by atoms with Crippen LogP contribution in [0.2, 0.25) is 0 Å². The number of benzene rings is 1. The van der Waals surface area contributed by atoms with Gasteiger partial charge in [0.25, 0.3) is 0 Å². The number of thiazole rings is 1. The standard InChI is InChI=1S/C21H29F2N5O4S2/c1-27(11-12-29)8-3-13-34(31,32)28-9-6-14(7-10-28)25-21-26-20(24)19(33-21)18(30)17-15(22)4-2-5-16(17)23/h2,4-5,14,29H,3,6-13,24H2,1H3,(H,25,26). The lowest BCUT2D eigenvalue weighted by atomic mass is 10.1. The van der Waals surface area contributed by atoms with Gasteiger partial charge in [0, 0.05) is 25.7 Å². The molecule has 0 spiro atoms. The fourth-order valence-electron chi connectivity index (χ4n) is 3.77. The van der Waals surface area contributed by atoms with Crippen LogP contribution in [-0.4, -0.2) is 85.1 Å². The molecule has 1 aromatic heterocycles. The van der Waals surface area contributed by atoms with Gasteiger partial charge in [0.1, 0.15) is 22.3 Å². The molecule has 0 saturated carbocycles. The maximum Gasteiger partial charge on any atom is 0.214 e. The third-order valence-corrected chi connectivity index (χ3v) is 8.61. The molecule has 1 saturated heterocycles. The summed E-state index contributed by atoms with van der Waals surface area (Å²) in [5.41, 5.74) is 5.16. The van der Waals surface area contributed by atoms with E-state index in [0.29, 0.717) is 50.6 Å². The second-order valence-corrected chi connectivity index (χ2v) is 11.3. The number of carbonyl (C=O) groups excluding carboxylic acids is 1. The maximum atomic E-state index is 14.0. The number of rotatable bonds is 11. The van der Waals surface area contributed by atoms with E-state index in [-0.39, 0.29) is 29.1 Å². The fourth-order valence-corrected chi connectivity index (χ4v) is 6.19. The zero-order valence-corrected chi connectivity index (χ0v) is 20.5. The predicted octanol–water partition coefficient (Wildman–Crippen LogP) is 1.75. The molecule has 0 amide bonds. The summed E-state index contributed by atoms with van der Waals surface area (Å²) in [6, 6.07) is 3.09. The van der Waals surface area contributed by atoms with Crippen LogP contribution < -0.4 is 11.1 Å². The summed E-state index contributed by atoms with van der Waals surface area (Å²) in [4.78, 5) is 18.6. The molecule has 1 aliphatic rings. The number of likely N-dealkylation sites (N-methyl/N-ethyl adjacent to an activating group) is 1. The Hall–Kier alpha value is -2.19. The zero-order valence-electron chi connectivity index (χ0n) is 18.8. The van der Waals surface area contributed by atoms with E-state index in [2.05, 4.69) is 10.3 Å². The molecule has 0 unspecified atom stereocenters. The van der Waals surface area contributed by atoms with E-state index >= 15 is 0 Å². The molecule has 1 aliphatic heterocycles. The Bertz CT molecular complexity index is 1080. The monoisotopic (exact) mass is 517 g/mol. The van der Waals surface area contributed by atoms with Gasteiger partial charge < -0.3 is 21.1 Å². The topological polar surface area (TPSA) is 129 Å². The Morgan fingerprint density at radius 1 is 1.29 bits per heavy atom. The van der Waals surface area contributed by atoms with E-state index in [1.54, 1.807) is 0 Å². The molecule has 9 nitrogen and oxygen atoms in total. The minimum Gasteiger partial charge on any atom is -0.395 e. The van der Waals surface area contributed by atoms with Crippen LogP contribution in [0.1, 0.15) is 34.5 Å². The number of halogens is 2. The van der Waals surface area contributed by atoms with Gasteiger partial charge >= 0.3 is 0 Å². The number of hydrogen-bond acceptors (Lipinski definition) is 9. The molecule has 0 bridgehead atoms. The number of nitrogen functional groups attached to an aromatic ring is 1. The molecule has 0 aliphatic carbocycles. The number of aliphatic hydroxyl groups excluding tert-OH is 1. The first-order valence-electron chi connectivity index (χ1n) is 10.9. The lowest BCUT2D eigenvalue weighted by Crippen LogP contribution is -2.43. The number of carbonyl (C=O) groups is 1. The van der Waals surface area contributed by atoms with E-state index < -0.39 is 33.0 Å². The van der Waals surface area contributed by atoms with Gasteiger partial charge in [-0.05, 0) is 45.0 Å². The van der Waals surface area contributed by atoms with Crippen LogP contribution in [-0.2, 0) is 10.0 Å². The van der Waals surface area contributed by atoms with E-state index in [9.17, 15) is 22.0 Å². The van der Waals surface area contributed by atoms with Crippen molar-refractivity contribution in [3.05, 3.63) is 40.3 Å². The second-order valence-electron chi connectivity index (χ2n) is 8.17. The highest BCUT2D eigenvalue weighted by Crippen LogP contribution is 2.30. The minimum absolute atomic E-state index is 0.0319. The SMILES string of the molecule is CN(CCO)CCCS(=O)(=O)N1CCC(Nc2nc(N)c(C(=O)c3c(F)cccc3F)s2)CC1. The average molecular weight is 518 g/mol. The third-order valence-electron chi connectivity index (χ3n) is 5.65. The summed E-state index contributed by atoms with van der Waals surface area (Å²) in [6.45, 7) is 1.81. The van der Waals surface area contributed by atoms with Crippen molar-refractivity contribution in [3.8, 4) is 0 Å². The molecule has 0 radical (unpaired) electrons. The van der Waals surface area contributed by atoms with Crippen molar-refractivity contribution in [3.63, 3.8) is 0 Å². The number of piperidine rings is 1. The average Bonchev–Trinajstić information content (AvgIpc) is 3.14. The van der Waals surface area contributed by atoms with Gasteiger partial charge in [0.05, 0.1) is 17.9 Å². The summed E-state index contributed by atoms with van der Waals surface area (Å²) >= 11 is 0.913. The van der Waals surface area contributed by atoms with Crippen LogP contribution in [0.3, 0.4) is 0 Å². The molecule has 1 fully saturated rings. The first-order chi connectivity index (χ1) is 16.1. The molecule has 2 heterocycles. The predicted molar refractivity (Wildman–Crippen MR) is 128 cm³/mol. The minimum atomic E-state index is -3.38. The Kier molecular flexibility index (Phi) is 8.93. The van der Waals surface area contributed by atoms with Crippen molar-refractivity contribution >= 4 is 38.1 Å². The number of ketones is 1. The molecule has 2 aromatic rings. The van der Waals surface area contributed by atoms with Crippen LogP contribution in [0, 0.1) is 11.6 Å². The number of sulfonamides is 1. The van der Waals surface area contributed by atoms with Crippen molar-refractivity contribution < 1.29 is 27.1 Å². The third kappa shape index (κ3) is 6.48. The van der Waals surface area contributed by atoms with Crippen molar-refractivity contribution in [1.82, 2.24) is 14.2 Å². The first kappa shape index (κ1) is 26.4. The number of nitrogens with zero attached hydrogens (tertiary/aromatic N) is 3. The van der Waals surface area contributed by atoms with Gasteiger partial charge in [0.2, 0.25) is 15.8 Å². The molecule has 13 heteroatoms. The van der Waals surface area contributed by atoms with Crippen molar-refractivity contribution in [2.45, 2.75) is 25.3 Å². The maximum absolute atomic E-state index is 14.0. The van der Waals surface area contributed by atoms with Gasteiger partial charge in [-0.2, -0.15) is 0 Å². The van der Waals surface area contributed by atoms with E-state index in [1.807, 2.05) is 11.9 Å². The van der Waals surface area contributed by atoms with Crippen molar-refractivity contribution in [1.29, 1.82) is 0 Å². The molecule has 188 valence electrons. The molecular weight excluding hydrogens is 488 g/mol. The summed E-state index contributed by atoms with van der Waals surface area (Å²) in [5.74, 6) is -2.89.